The summed E-state index contributed by atoms with van der Waals surface area (Å²) in [4.78, 5) is 0. The topological polar surface area (TPSA) is 9.23 Å². The zero-order chi connectivity index (χ0) is 7.98. The molecule has 1 nitrogen and oxygen atoms in total. The van der Waals surface area contributed by atoms with Crippen LogP contribution in [0, 0.1) is 0 Å². The lowest BCUT2D eigenvalue weighted by atomic mass is 10.3. The number of hydrogen-bond acceptors (Lipinski definition) is 1. The van der Waals surface area contributed by atoms with Gasteiger partial charge in [-0.1, -0.05) is 13.8 Å². The molecule has 0 radical (unpaired) electrons. The first-order chi connectivity index (χ1) is 4.70. The van der Waals surface area contributed by atoms with Crippen molar-refractivity contribution in [2.45, 2.75) is 33.3 Å². The van der Waals surface area contributed by atoms with Crippen LogP contribution >= 0.6 is 0 Å². The highest BCUT2D eigenvalue weighted by atomic mass is 19.3. The third kappa shape index (κ3) is 4.30. The largest absolute Gasteiger partial charge is 0.440 e. The lowest BCUT2D eigenvalue weighted by molar-refractivity contribution is -0.0981. The van der Waals surface area contributed by atoms with Gasteiger partial charge in [0.25, 0.3) is 0 Å². The molecule has 0 bridgehead atoms. The normalized spacial score (nSPS) is 12.3. The van der Waals surface area contributed by atoms with Crippen molar-refractivity contribution in [2.24, 2.45) is 0 Å². The summed E-state index contributed by atoms with van der Waals surface area (Å²) in [5.74, 6) is 0.373. The second-order valence-corrected chi connectivity index (χ2v) is 1.81. The molecule has 0 amide bonds. The zero-order valence-corrected chi connectivity index (χ0v) is 6.23. The molecule has 0 rings (SSSR count). The van der Waals surface area contributed by atoms with Crippen molar-refractivity contribution >= 4 is 0 Å². The number of halogens is 2. The molecule has 0 aliphatic rings. The molecule has 0 N–H and O–H groups in total. The van der Waals surface area contributed by atoms with Crippen LogP contribution in [0.5, 0.6) is 0 Å². The molecule has 0 saturated heterocycles. The van der Waals surface area contributed by atoms with Crippen LogP contribution < -0.4 is 0 Å². The van der Waals surface area contributed by atoms with Gasteiger partial charge in [0.05, 0.1) is 5.76 Å². The van der Waals surface area contributed by atoms with Gasteiger partial charge >= 0.3 is 6.61 Å². The molecule has 60 valence electrons. The van der Waals surface area contributed by atoms with Crippen LogP contribution in [0.1, 0.15) is 26.7 Å². The van der Waals surface area contributed by atoms with E-state index in [1.165, 1.54) is 0 Å². The zero-order valence-electron chi connectivity index (χ0n) is 6.23. The van der Waals surface area contributed by atoms with Gasteiger partial charge in [-0.3, -0.25) is 0 Å². The number of hydrogen-bond donors (Lipinski definition) is 0. The van der Waals surface area contributed by atoms with Crippen molar-refractivity contribution in [1.29, 1.82) is 0 Å². The predicted molar refractivity (Wildman–Crippen MR) is 35.8 cm³/mol. The fraction of sp³-hybridized carbons (Fsp3) is 0.714. The number of rotatable bonds is 4. The Morgan fingerprint density at radius 2 is 2.10 bits per heavy atom. The van der Waals surface area contributed by atoms with E-state index in [1.807, 2.05) is 6.92 Å². The summed E-state index contributed by atoms with van der Waals surface area (Å²) in [7, 11) is 0. The first kappa shape index (κ1) is 9.40. The van der Waals surface area contributed by atoms with Gasteiger partial charge in [0, 0.05) is 6.42 Å². The highest BCUT2D eigenvalue weighted by molar-refractivity contribution is 4.90. The quantitative estimate of drug-likeness (QED) is 0.560. The first-order valence-corrected chi connectivity index (χ1v) is 3.34. The van der Waals surface area contributed by atoms with Gasteiger partial charge in [-0.05, 0) is 12.5 Å². The Labute approximate surface area is 59.7 Å². The fourth-order valence-electron chi connectivity index (χ4n) is 0.618. The van der Waals surface area contributed by atoms with Crippen LogP contribution in [0.15, 0.2) is 11.8 Å². The predicted octanol–water partition coefficient (Wildman–Crippen LogP) is 2.93. The fourth-order valence-corrected chi connectivity index (χ4v) is 0.618. The van der Waals surface area contributed by atoms with Crippen LogP contribution in [-0.2, 0) is 4.74 Å². The monoisotopic (exact) mass is 150 g/mol. The second-order valence-electron chi connectivity index (χ2n) is 1.81. The van der Waals surface area contributed by atoms with E-state index in [1.54, 1.807) is 13.0 Å². The molecule has 0 unspecified atom stereocenters. The second kappa shape index (κ2) is 5.21. The molecule has 0 spiro atoms. The summed E-state index contributed by atoms with van der Waals surface area (Å²) in [6, 6.07) is 0. The molecule has 0 aromatic heterocycles. The summed E-state index contributed by atoms with van der Waals surface area (Å²) >= 11 is 0. The lowest BCUT2D eigenvalue weighted by Gasteiger charge is -2.05. The van der Waals surface area contributed by atoms with Crippen molar-refractivity contribution in [1.82, 2.24) is 0 Å². The van der Waals surface area contributed by atoms with Gasteiger partial charge in [0.1, 0.15) is 0 Å². The van der Waals surface area contributed by atoms with E-state index in [2.05, 4.69) is 4.74 Å². The Bertz CT molecular complexity index is 110. The highest BCUT2D eigenvalue weighted by Crippen LogP contribution is 2.09. The molecule has 3 heteroatoms. The van der Waals surface area contributed by atoms with Crippen LogP contribution in [0.25, 0.3) is 0 Å². The molecule has 0 heterocycles. The summed E-state index contributed by atoms with van der Waals surface area (Å²) in [6.45, 7) is 0.978. The maximum atomic E-state index is 11.5. The maximum absolute atomic E-state index is 11.5. The molecule has 0 fully saturated rings. The average molecular weight is 150 g/mol. The van der Waals surface area contributed by atoms with E-state index in [0.717, 1.165) is 6.42 Å². The summed E-state index contributed by atoms with van der Waals surface area (Å²) in [5, 5.41) is 0. The summed E-state index contributed by atoms with van der Waals surface area (Å²) in [6.07, 6.45) is 2.92. The van der Waals surface area contributed by atoms with Gasteiger partial charge in [0.2, 0.25) is 0 Å². The molecule has 0 atom stereocenters. The van der Waals surface area contributed by atoms with Crippen molar-refractivity contribution in [3.63, 3.8) is 0 Å². The van der Waals surface area contributed by atoms with Crippen molar-refractivity contribution in [3.05, 3.63) is 11.8 Å². The maximum Gasteiger partial charge on any atom is 0.387 e. The molecular formula is C7H12F2O. The molecule has 0 aromatic rings. The first-order valence-electron chi connectivity index (χ1n) is 3.34. The Kier molecular flexibility index (Phi) is 4.89. The highest BCUT2D eigenvalue weighted by Gasteiger charge is 2.03. The van der Waals surface area contributed by atoms with Gasteiger partial charge in [0.15, 0.2) is 0 Å². The van der Waals surface area contributed by atoms with Crippen molar-refractivity contribution in [2.75, 3.05) is 0 Å². The number of allylic oxidation sites excluding steroid dienone is 2. The number of alkyl halides is 2. The van der Waals surface area contributed by atoms with E-state index in [0.29, 0.717) is 12.2 Å². The smallest absolute Gasteiger partial charge is 0.387 e. The Morgan fingerprint density at radius 1 is 1.50 bits per heavy atom. The van der Waals surface area contributed by atoms with E-state index in [-0.39, 0.29) is 0 Å². The lowest BCUT2D eigenvalue weighted by Crippen LogP contribution is -1.97. The Hall–Kier alpha value is -0.600. The molecule has 10 heavy (non-hydrogen) atoms. The summed E-state index contributed by atoms with van der Waals surface area (Å²) < 4.78 is 27.2. The Morgan fingerprint density at radius 3 is 2.40 bits per heavy atom. The van der Waals surface area contributed by atoms with Crippen LogP contribution in [-0.4, -0.2) is 6.61 Å². The van der Waals surface area contributed by atoms with Crippen molar-refractivity contribution in [3.8, 4) is 0 Å². The molecule has 0 saturated carbocycles. The molecule has 0 aliphatic carbocycles. The van der Waals surface area contributed by atoms with Gasteiger partial charge in [-0.2, -0.15) is 8.78 Å². The standard InChI is InChI=1S/C7H12F2O/c1-3-5-6(4-2)10-7(8)9/h5,7H,3-4H2,1-2H3/b6-5+. The van der Waals surface area contributed by atoms with Gasteiger partial charge in [-0.15, -0.1) is 0 Å². The molecular weight excluding hydrogens is 138 g/mol. The molecule has 0 aromatic carbocycles. The van der Waals surface area contributed by atoms with E-state index < -0.39 is 6.61 Å². The minimum absolute atomic E-state index is 0.373. The van der Waals surface area contributed by atoms with Gasteiger partial charge in [-0.25, -0.2) is 0 Å². The minimum Gasteiger partial charge on any atom is -0.440 e. The van der Waals surface area contributed by atoms with Gasteiger partial charge < -0.3 is 4.74 Å². The van der Waals surface area contributed by atoms with Crippen LogP contribution in [0.3, 0.4) is 0 Å². The minimum atomic E-state index is -2.68. The molecule has 0 aliphatic heterocycles. The van der Waals surface area contributed by atoms with E-state index in [4.69, 9.17) is 0 Å². The van der Waals surface area contributed by atoms with E-state index >= 15 is 0 Å². The summed E-state index contributed by atoms with van der Waals surface area (Å²) in [5.41, 5.74) is 0. The third-order valence-corrected chi connectivity index (χ3v) is 1.02. The SMILES string of the molecule is CC/C=C(\CC)OC(F)F. The average Bonchev–Trinajstić information content (AvgIpc) is 1.86. The number of ether oxygens (including phenoxy) is 1. The van der Waals surface area contributed by atoms with Crippen LogP contribution in [0.2, 0.25) is 0 Å². The Balaban J connectivity index is 3.71. The van der Waals surface area contributed by atoms with Crippen LogP contribution in [0.4, 0.5) is 8.78 Å². The van der Waals surface area contributed by atoms with E-state index in [9.17, 15) is 8.78 Å². The van der Waals surface area contributed by atoms with Crippen molar-refractivity contribution < 1.29 is 13.5 Å². The third-order valence-electron chi connectivity index (χ3n) is 1.02.